The van der Waals surface area contributed by atoms with Gasteiger partial charge in [0.05, 0.1) is 0 Å². The van der Waals surface area contributed by atoms with Crippen LogP contribution in [0.3, 0.4) is 0 Å². The number of benzene rings is 2. The molecule has 4 heteroatoms. The smallest absolute Gasteiger partial charge is 0.246 e. The summed E-state index contributed by atoms with van der Waals surface area (Å²) >= 11 is 0. The third-order valence-electron chi connectivity index (χ3n) is 5.21. The molecule has 0 radical (unpaired) electrons. The Hall–Kier alpha value is -2.49. The SMILES string of the molecule is CC(C)c1ccc(N[C@H](C)C(=O)Nc2ccc(N3CCCCC3)cc2)cc1. The van der Waals surface area contributed by atoms with Crippen LogP contribution in [0.25, 0.3) is 0 Å². The minimum absolute atomic E-state index is 0.0336. The predicted octanol–water partition coefficient (Wildman–Crippen LogP) is 5.24. The number of carbonyl (C=O) groups excluding carboxylic acids is 1. The summed E-state index contributed by atoms with van der Waals surface area (Å²) in [5.74, 6) is 0.473. The van der Waals surface area contributed by atoms with E-state index in [0.29, 0.717) is 5.92 Å². The van der Waals surface area contributed by atoms with Gasteiger partial charge in [-0.25, -0.2) is 0 Å². The molecule has 1 fully saturated rings. The second kappa shape index (κ2) is 8.94. The van der Waals surface area contributed by atoms with Crippen molar-refractivity contribution >= 4 is 23.0 Å². The summed E-state index contributed by atoms with van der Waals surface area (Å²) < 4.78 is 0. The number of rotatable bonds is 6. The highest BCUT2D eigenvalue weighted by atomic mass is 16.2. The number of anilines is 3. The van der Waals surface area contributed by atoms with Crippen molar-refractivity contribution in [1.29, 1.82) is 0 Å². The summed E-state index contributed by atoms with van der Waals surface area (Å²) in [6.07, 6.45) is 3.86. The molecule has 2 aromatic carbocycles. The topological polar surface area (TPSA) is 44.4 Å². The first-order valence-electron chi connectivity index (χ1n) is 10.1. The van der Waals surface area contributed by atoms with Crippen molar-refractivity contribution in [2.75, 3.05) is 28.6 Å². The van der Waals surface area contributed by atoms with Gasteiger partial charge in [0.25, 0.3) is 0 Å². The van der Waals surface area contributed by atoms with Gasteiger partial charge in [-0.05, 0) is 74.1 Å². The van der Waals surface area contributed by atoms with Crippen molar-refractivity contribution in [3.8, 4) is 0 Å². The van der Waals surface area contributed by atoms with Gasteiger partial charge in [-0.3, -0.25) is 4.79 Å². The maximum atomic E-state index is 12.5. The number of amides is 1. The van der Waals surface area contributed by atoms with E-state index in [2.05, 4.69) is 53.6 Å². The third-order valence-corrected chi connectivity index (χ3v) is 5.21. The Kier molecular flexibility index (Phi) is 6.38. The van der Waals surface area contributed by atoms with Gasteiger partial charge in [-0.1, -0.05) is 26.0 Å². The van der Waals surface area contributed by atoms with Crippen LogP contribution in [-0.4, -0.2) is 25.0 Å². The molecule has 1 saturated heterocycles. The van der Waals surface area contributed by atoms with E-state index >= 15 is 0 Å². The number of nitrogens with one attached hydrogen (secondary N) is 2. The Morgan fingerprint density at radius 3 is 2.04 bits per heavy atom. The molecule has 27 heavy (non-hydrogen) atoms. The first-order chi connectivity index (χ1) is 13.0. The molecule has 0 spiro atoms. The maximum Gasteiger partial charge on any atom is 0.246 e. The zero-order valence-electron chi connectivity index (χ0n) is 16.7. The van der Waals surface area contributed by atoms with Gasteiger partial charge in [-0.15, -0.1) is 0 Å². The molecule has 1 amide bonds. The van der Waals surface area contributed by atoms with E-state index in [1.54, 1.807) is 0 Å². The lowest BCUT2D eigenvalue weighted by Gasteiger charge is -2.28. The molecule has 0 aliphatic carbocycles. The molecular weight excluding hydrogens is 334 g/mol. The standard InChI is InChI=1S/C23H31N3O/c1-17(2)19-7-9-20(10-8-19)24-18(3)23(27)25-21-11-13-22(14-12-21)26-15-5-4-6-16-26/h7-14,17-18,24H,4-6,15-16H2,1-3H3,(H,25,27)/t18-/m1/s1. The Morgan fingerprint density at radius 2 is 1.44 bits per heavy atom. The Labute approximate surface area is 163 Å². The average molecular weight is 366 g/mol. The van der Waals surface area contributed by atoms with Crippen molar-refractivity contribution in [3.05, 3.63) is 54.1 Å². The van der Waals surface area contributed by atoms with Crippen LogP contribution in [0.4, 0.5) is 17.1 Å². The van der Waals surface area contributed by atoms with Crippen LogP contribution >= 0.6 is 0 Å². The van der Waals surface area contributed by atoms with Crippen molar-refractivity contribution in [2.24, 2.45) is 0 Å². The highest BCUT2D eigenvalue weighted by Gasteiger charge is 2.14. The molecule has 2 N–H and O–H groups in total. The van der Waals surface area contributed by atoms with Crippen LogP contribution in [0, 0.1) is 0 Å². The molecule has 0 unspecified atom stereocenters. The van der Waals surface area contributed by atoms with Crippen LogP contribution in [0.5, 0.6) is 0 Å². The Morgan fingerprint density at radius 1 is 0.852 bits per heavy atom. The lowest BCUT2D eigenvalue weighted by Crippen LogP contribution is -2.32. The molecule has 2 aromatic rings. The molecular formula is C23H31N3O. The fraction of sp³-hybridized carbons (Fsp3) is 0.435. The first kappa shape index (κ1) is 19.3. The molecule has 1 heterocycles. The minimum atomic E-state index is -0.309. The van der Waals surface area contributed by atoms with Crippen LogP contribution in [0.1, 0.15) is 51.5 Å². The number of hydrogen-bond donors (Lipinski definition) is 2. The molecule has 1 aliphatic rings. The normalized spacial score (nSPS) is 15.5. The van der Waals surface area contributed by atoms with Crippen LogP contribution < -0.4 is 15.5 Å². The molecule has 0 aromatic heterocycles. The van der Waals surface area contributed by atoms with Crippen molar-refractivity contribution < 1.29 is 4.79 Å². The lowest BCUT2D eigenvalue weighted by atomic mass is 10.0. The molecule has 0 saturated carbocycles. The van der Waals surface area contributed by atoms with E-state index in [1.807, 2.05) is 31.2 Å². The average Bonchev–Trinajstić information content (AvgIpc) is 2.69. The molecule has 1 aliphatic heterocycles. The Bertz CT molecular complexity index is 731. The van der Waals surface area contributed by atoms with Crippen molar-refractivity contribution in [2.45, 2.75) is 52.0 Å². The summed E-state index contributed by atoms with van der Waals surface area (Å²) in [5.41, 5.74) is 4.34. The van der Waals surface area contributed by atoms with Crippen LogP contribution in [0.15, 0.2) is 48.5 Å². The largest absolute Gasteiger partial charge is 0.374 e. The second-order valence-corrected chi connectivity index (χ2v) is 7.73. The van der Waals surface area contributed by atoms with Crippen molar-refractivity contribution in [1.82, 2.24) is 0 Å². The fourth-order valence-electron chi connectivity index (χ4n) is 3.44. The number of carbonyl (C=O) groups is 1. The van der Waals surface area contributed by atoms with E-state index < -0.39 is 0 Å². The molecule has 144 valence electrons. The van der Waals surface area contributed by atoms with Gasteiger partial charge in [0.15, 0.2) is 0 Å². The molecule has 1 atom stereocenters. The van der Waals surface area contributed by atoms with E-state index in [1.165, 1.54) is 30.5 Å². The van der Waals surface area contributed by atoms with E-state index in [-0.39, 0.29) is 11.9 Å². The summed E-state index contributed by atoms with van der Waals surface area (Å²) in [4.78, 5) is 14.9. The highest BCUT2D eigenvalue weighted by molar-refractivity contribution is 5.96. The Balaban J connectivity index is 1.54. The first-order valence-corrected chi connectivity index (χ1v) is 10.1. The number of piperidine rings is 1. The summed E-state index contributed by atoms with van der Waals surface area (Å²) in [5, 5.41) is 6.27. The third kappa shape index (κ3) is 5.25. The van der Waals surface area contributed by atoms with Gasteiger partial charge in [-0.2, -0.15) is 0 Å². The van der Waals surface area contributed by atoms with Gasteiger partial charge in [0.1, 0.15) is 6.04 Å². The van der Waals surface area contributed by atoms with Crippen molar-refractivity contribution in [3.63, 3.8) is 0 Å². The summed E-state index contributed by atoms with van der Waals surface area (Å²) in [6, 6.07) is 16.2. The monoisotopic (exact) mass is 365 g/mol. The van der Waals surface area contributed by atoms with E-state index in [0.717, 1.165) is 24.5 Å². The highest BCUT2D eigenvalue weighted by Crippen LogP contribution is 2.22. The predicted molar refractivity (Wildman–Crippen MR) is 115 cm³/mol. The van der Waals surface area contributed by atoms with E-state index in [9.17, 15) is 4.79 Å². The molecule has 0 bridgehead atoms. The quantitative estimate of drug-likeness (QED) is 0.736. The fourth-order valence-corrected chi connectivity index (χ4v) is 3.44. The zero-order chi connectivity index (χ0) is 19.2. The van der Waals surface area contributed by atoms with Crippen LogP contribution in [0.2, 0.25) is 0 Å². The number of hydrogen-bond acceptors (Lipinski definition) is 3. The number of nitrogens with zero attached hydrogens (tertiary/aromatic N) is 1. The van der Waals surface area contributed by atoms with Gasteiger partial charge in [0.2, 0.25) is 5.91 Å². The van der Waals surface area contributed by atoms with Crippen LogP contribution in [-0.2, 0) is 4.79 Å². The second-order valence-electron chi connectivity index (χ2n) is 7.73. The maximum absolute atomic E-state index is 12.5. The van der Waals surface area contributed by atoms with E-state index in [4.69, 9.17) is 0 Å². The van der Waals surface area contributed by atoms with Gasteiger partial charge in [0, 0.05) is 30.2 Å². The van der Waals surface area contributed by atoms with Gasteiger partial charge < -0.3 is 15.5 Å². The van der Waals surface area contributed by atoms with Gasteiger partial charge >= 0.3 is 0 Å². The molecule has 4 nitrogen and oxygen atoms in total. The summed E-state index contributed by atoms with van der Waals surface area (Å²) in [6.45, 7) is 8.49. The zero-order valence-corrected chi connectivity index (χ0v) is 16.7. The lowest BCUT2D eigenvalue weighted by molar-refractivity contribution is -0.116. The minimum Gasteiger partial charge on any atom is -0.374 e. The summed E-state index contributed by atoms with van der Waals surface area (Å²) in [7, 11) is 0. The molecule has 3 rings (SSSR count).